The van der Waals surface area contributed by atoms with Crippen LogP contribution in [0.1, 0.15) is 84.5 Å². The molecule has 0 spiro atoms. The van der Waals surface area contributed by atoms with Gasteiger partial charge in [-0.25, -0.2) is 8.78 Å². The molecule has 3 rings (SSSR count). The molecule has 28 heavy (non-hydrogen) atoms. The Hall–Kier alpha value is -0.260. The second-order valence-electron chi connectivity index (χ2n) is 10.1. The first-order chi connectivity index (χ1) is 13.4. The monoisotopic (exact) mass is 401 g/mol. The van der Waals surface area contributed by atoms with Gasteiger partial charge in [0.15, 0.2) is 0 Å². The second kappa shape index (κ2) is 9.70. The van der Waals surface area contributed by atoms with Crippen LogP contribution in [-0.4, -0.2) is 44.4 Å². The molecule has 5 heteroatoms. The number of hydrogen-bond acceptors (Lipinski definition) is 3. The summed E-state index contributed by atoms with van der Waals surface area (Å²) in [4.78, 5) is 0. The lowest BCUT2D eigenvalue weighted by Crippen LogP contribution is -2.44. The third-order valence-electron chi connectivity index (χ3n) is 8.15. The van der Waals surface area contributed by atoms with Crippen molar-refractivity contribution in [3.05, 3.63) is 0 Å². The quantitative estimate of drug-likeness (QED) is 0.519. The van der Waals surface area contributed by atoms with Crippen molar-refractivity contribution >= 4 is 0 Å². The van der Waals surface area contributed by atoms with Crippen LogP contribution in [0.15, 0.2) is 0 Å². The van der Waals surface area contributed by atoms with Gasteiger partial charge in [0, 0.05) is 5.54 Å². The molecule has 0 saturated heterocycles. The summed E-state index contributed by atoms with van der Waals surface area (Å²) >= 11 is 0. The van der Waals surface area contributed by atoms with E-state index in [9.17, 15) is 8.78 Å². The van der Waals surface area contributed by atoms with Crippen molar-refractivity contribution in [2.24, 2.45) is 17.3 Å². The zero-order valence-corrected chi connectivity index (χ0v) is 18.2. The molecule has 0 aromatic rings. The van der Waals surface area contributed by atoms with Crippen molar-refractivity contribution in [3.63, 3.8) is 0 Å². The Morgan fingerprint density at radius 1 is 0.964 bits per heavy atom. The maximum atomic E-state index is 12.4. The Labute approximate surface area is 170 Å². The van der Waals surface area contributed by atoms with E-state index in [0.29, 0.717) is 17.1 Å². The van der Waals surface area contributed by atoms with E-state index in [1.807, 2.05) is 0 Å². The predicted molar refractivity (Wildman–Crippen MR) is 109 cm³/mol. The minimum atomic E-state index is -2.35. The molecule has 0 aromatic carbocycles. The molecule has 3 aliphatic rings. The maximum Gasteiger partial charge on any atom is 0.261 e. The Morgan fingerprint density at radius 3 is 2.14 bits per heavy atom. The molecule has 3 nitrogen and oxygen atoms in total. The smallest absolute Gasteiger partial charge is 0.261 e. The van der Waals surface area contributed by atoms with E-state index in [2.05, 4.69) is 26.2 Å². The molecule has 2 unspecified atom stereocenters. The van der Waals surface area contributed by atoms with Crippen LogP contribution in [-0.2, 0) is 9.47 Å². The normalized spacial score (nSPS) is 41.4. The highest BCUT2D eigenvalue weighted by Crippen LogP contribution is 2.53. The first-order valence-electron chi connectivity index (χ1n) is 11.6. The number of ether oxygens (including phenoxy) is 2. The van der Waals surface area contributed by atoms with Crippen LogP contribution in [0.3, 0.4) is 0 Å². The Morgan fingerprint density at radius 2 is 1.57 bits per heavy atom. The molecular formula is C23H41F2NO2. The second-order valence-corrected chi connectivity index (χ2v) is 10.1. The van der Waals surface area contributed by atoms with Gasteiger partial charge in [-0.05, 0) is 95.4 Å². The first kappa shape index (κ1) is 22.4. The zero-order chi connectivity index (χ0) is 20.2. The molecule has 0 aromatic heterocycles. The molecular weight excluding hydrogens is 360 g/mol. The van der Waals surface area contributed by atoms with E-state index in [1.54, 1.807) is 0 Å². The van der Waals surface area contributed by atoms with Crippen LogP contribution >= 0.6 is 0 Å². The molecule has 3 saturated carbocycles. The van der Waals surface area contributed by atoms with Crippen LogP contribution in [0, 0.1) is 17.3 Å². The lowest BCUT2D eigenvalue weighted by atomic mass is 9.68. The van der Waals surface area contributed by atoms with Gasteiger partial charge in [-0.15, -0.1) is 0 Å². The van der Waals surface area contributed by atoms with Crippen LogP contribution in [0.2, 0.25) is 0 Å². The number of halogens is 2. The Kier molecular flexibility index (Phi) is 7.77. The van der Waals surface area contributed by atoms with Crippen LogP contribution in [0.5, 0.6) is 0 Å². The molecule has 0 aliphatic heterocycles. The molecule has 0 heterocycles. The van der Waals surface area contributed by atoms with E-state index < -0.39 is 13.0 Å². The fourth-order valence-corrected chi connectivity index (χ4v) is 5.51. The number of rotatable bonds is 10. The lowest BCUT2D eigenvalue weighted by molar-refractivity contribution is -0.0547. The lowest BCUT2D eigenvalue weighted by Gasteiger charge is -2.40. The Bertz CT molecular complexity index is 471. The summed E-state index contributed by atoms with van der Waals surface area (Å²) < 4.78 is 36.4. The fourth-order valence-electron chi connectivity index (χ4n) is 5.51. The van der Waals surface area contributed by atoms with Crippen LogP contribution in [0.4, 0.5) is 8.78 Å². The van der Waals surface area contributed by atoms with Gasteiger partial charge in [0.05, 0.1) is 18.8 Å². The summed E-state index contributed by atoms with van der Waals surface area (Å²) in [6.45, 7) is 5.15. The van der Waals surface area contributed by atoms with Gasteiger partial charge in [-0.1, -0.05) is 13.3 Å². The summed E-state index contributed by atoms with van der Waals surface area (Å²) in [6, 6.07) is 0. The fraction of sp³-hybridized carbons (Fsp3) is 1.00. The van der Waals surface area contributed by atoms with Gasteiger partial charge in [-0.3, -0.25) is 0 Å². The molecule has 1 N–H and O–H groups in total. The van der Waals surface area contributed by atoms with Crippen molar-refractivity contribution in [1.29, 1.82) is 0 Å². The highest BCUT2D eigenvalue weighted by Gasteiger charge is 2.45. The summed E-state index contributed by atoms with van der Waals surface area (Å²) in [5, 5.41) is 3.46. The van der Waals surface area contributed by atoms with E-state index in [4.69, 9.17) is 9.47 Å². The van der Waals surface area contributed by atoms with Crippen LogP contribution < -0.4 is 5.32 Å². The predicted octanol–water partition coefficient (Wildman–Crippen LogP) is 5.57. The highest BCUT2D eigenvalue weighted by molar-refractivity contribution is 4.95. The van der Waals surface area contributed by atoms with Gasteiger partial charge in [-0.2, -0.15) is 0 Å². The topological polar surface area (TPSA) is 30.5 Å². The van der Waals surface area contributed by atoms with E-state index in [-0.39, 0.29) is 6.10 Å². The third-order valence-corrected chi connectivity index (χ3v) is 8.15. The molecule has 164 valence electrons. The van der Waals surface area contributed by atoms with Crippen LogP contribution in [0.25, 0.3) is 0 Å². The van der Waals surface area contributed by atoms with Gasteiger partial charge < -0.3 is 14.8 Å². The highest BCUT2D eigenvalue weighted by atomic mass is 19.3. The number of hydrogen-bond donors (Lipinski definition) is 1. The van der Waals surface area contributed by atoms with Gasteiger partial charge in [0.2, 0.25) is 0 Å². The maximum absolute atomic E-state index is 12.4. The van der Waals surface area contributed by atoms with Gasteiger partial charge in [0.1, 0.15) is 6.61 Å². The summed E-state index contributed by atoms with van der Waals surface area (Å²) in [5.74, 6) is 1.55. The summed E-state index contributed by atoms with van der Waals surface area (Å²) in [6.07, 6.45) is 10.9. The SMILES string of the molecule is CC[C@]1(CC2CC2CO[C@H]2CC[C@@](C)(NC)CC2)CC[C@H](OCC(F)F)CC1. The standard InChI is InChI=1S/C23H41F2NO2/c1-4-23(11-7-20(8-12-23)28-16-21(24)25)14-17-13-18(17)15-27-19-5-9-22(2,26-3)10-6-19/h17-21,26H,4-16H2,1-3H3/t17?,18?,19-,20-,22+,23-. The zero-order valence-electron chi connectivity index (χ0n) is 18.2. The molecule has 0 radical (unpaired) electrons. The average molecular weight is 402 g/mol. The van der Waals surface area contributed by atoms with E-state index in [0.717, 1.165) is 44.1 Å². The third kappa shape index (κ3) is 6.12. The van der Waals surface area contributed by atoms with Crippen molar-refractivity contribution in [2.45, 2.75) is 109 Å². The molecule has 3 fully saturated rings. The molecule has 0 bridgehead atoms. The number of alkyl halides is 2. The van der Waals surface area contributed by atoms with Crippen molar-refractivity contribution in [2.75, 3.05) is 20.3 Å². The molecule has 3 aliphatic carbocycles. The number of nitrogens with one attached hydrogen (secondary N) is 1. The van der Waals surface area contributed by atoms with Crippen molar-refractivity contribution in [1.82, 2.24) is 5.32 Å². The minimum Gasteiger partial charge on any atom is -0.378 e. The Balaban J connectivity index is 1.34. The first-order valence-corrected chi connectivity index (χ1v) is 11.6. The van der Waals surface area contributed by atoms with Crippen molar-refractivity contribution < 1.29 is 18.3 Å². The molecule has 2 atom stereocenters. The minimum absolute atomic E-state index is 0.0432. The van der Waals surface area contributed by atoms with Gasteiger partial charge in [0.25, 0.3) is 6.43 Å². The van der Waals surface area contributed by atoms with E-state index in [1.165, 1.54) is 44.9 Å². The van der Waals surface area contributed by atoms with Gasteiger partial charge >= 0.3 is 0 Å². The summed E-state index contributed by atoms with van der Waals surface area (Å²) in [5.41, 5.74) is 0.705. The average Bonchev–Trinajstić information content (AvgIpc) is 3.44. The largest absolute Gasteiger partial charge is 0.378 e. The van der Waals surface area contributed by atoms with E-state index >= 15 is 0 Å². The van der Waals surface area contributed by atoms with Crippen molar-refractivity contribution in [3.8, 4) is 0 Å². The molecule has 0 amide bonds. The summed E-state index contributed by atoms with van der Waals surface area (Å²) in [7, 11) is 2.07.